The first-order chi connectivity index (χ1) is 7.43. The maximum absolute atomic E-state index is 4.22. The van der Waals surface area contributed by atoms with Crippen LogP contribution in [0.4, 0.5) is 5.69 Å². The van der Waals surface area contributed by atoms with Gasteiger partial charge in [-0.3, -0.25) is 4.98 Å². The fraction of sp³-hybridized carbons (Fsp3) is 0.583. The van der Waals surface area contributed by atoms with Crippen LogP contribution in [-0.2, 0) is 6.42 Å². The fourth-order valence-electron chi connectivity index (χ4n) is 2.66. The molecule has 15 heavy (non-hydrogen) atoms. The van der Waals surface area contributed by atoms with Crippen LogP contribution in [0.1, 0.15) is 12.0 Å². The van der Waals surface area contributed by atoms with E-state index in [0.29, 0.717) is 0 Å². The van der Waals surface area contributed by atoms with Gasteiger partial charge in [-0.25, -0.2) is 0 Å². The van der Waals surface area contributed by atoms with E-state index in [9.17, 15) is 0 Å². The molecule has 80 valence electrons. The zero-order chi connectivity index (χ0) is 10.1. The predicted molar refractivity (Wildman–Crippen MR) is 61.1 cm³/mol. The Hall–Kier alpha value is -1.09. The van der Waals surface area contributed by atoms with Gasteiger partial charge >= 0.3 is 0 Å². The maximum atomic E-state index is 4.22. The standard InChI is InChI=1S/C12H17N3/c1-4-13-7-10(1)9-15-6-3-11-2-5-14-8-12(11)15/h2,5,8,10,13H,1,3-4,6-7,9H2. The number of rotatable bonds is 2. The first-order valence-electron chi connectivity index (χ1n) is 5.82. The number of pyridine rings is 1. The first-order valence-corrected chi connectivity index (χ1v) is 5.82. The van der Waals surface area contributed by atoms with Crippen molar-refractivity contribution in [2.75, 3.05) is 31.1 Å². The molecule has 1 fully saturated rings. The molecule has 0 spiro atoms. The topological polar surface area (TPSA) is 28.2 Å². The number of anilines is 1. The van der Waals surface area contributed by atoms with Crippen LogP contribution in [0.25, 0.3) is 0 Å². The quantitative estimate of drug-likeness (QED) is 0.779. The summed E-state index contributed by atoms with van der Waals surface area (Å²) in [4.78, 5) is 6.72. The Morgan fingerprint density at radius 3 is 3.40 bits per heavy atom. The molecule has 0 radical (unpaired) electrons. The van der Waals surface area contributed by atoms with Crippen LogP contribution in [0.15, 0.2) is 18.5 Å². The van der Waals surface area contributed by atoms with Gasteiger partial charge in [-0.1, -0.05) is 0 Å². The van der Waals surface area contributed by atoms with Gasteiger partial charge in [0, 0.05) is 19.3 Å². The summed E-state index contributed by atoms with van der Waals surface area (Å²) in [6, 6.07) is 2.15. The van der Waals surface area contributed by atoms with E-state index < -0.39 is 0 Å². The molecule has 3 heterocycles. The van der Waals surface area contributed by atoms with Crippen LogP contribution in [0.5, 0.6) is 0 Å². The van der Waals surface area contributed by atoms with Crippen molar-refractivity contribution in [2.24, 2.45) is 5.92 Å². The van der Waals surface area contributed by atoms with Crippen molar-refractivity contribution in [3.63, 3.8) is 0 Å². The summed E-state index contributed by atoms with van der Waals surface area (Å²) < 4.78 is 0. The van der Waals surface area contributed by atoms with Gasteiger partial charge in [-0.15, -0.1) is 0 Å². The van der Waals surface area contributed by atoms with Crippen LogP contribution in [-0.4, -0.2) is 31.2 Å². The van der Waals surface area contributed by atoms with Crippen molar-refractivity contribution in [1.82, 2.24) is 10.3 Å². The van der Waals surface area contributed by atoms with E-state index in [1.165, 1.54) is 50.3 Å². The summed E-state index contributed by atoms with van der Waals surface area (Å²) >= 11 is 0. The van der Waals surface area contributed by atoms with Gasteiger partial charge in [0.05, 0.1) is 11.9 Å². The lowest BCUT2D eigenvalue weighted by atomic mass is 10.1. The SMILES string of the molecule is c1cc2c(cn1)N(CC1CCNC1)CC2. The maximum Gasteiger partial charge on any atom is 0.0586 e. The molecule has 0 amide bonds. The van der Waals surface area contributed by atoms with Crippen LogP contribution in [0.2, 0.25) is 0 Å². The third-order valence-corrected chi connectivity index (χ3v) is 3.52. The van der Waals surface area contributed by atoms with E-state index in [4.69, 9.17) is 0 Å². The molecule has 1 saturated heterocycles. The van der Waals surface area contributed by atoms with E-state index >= 15 is 0 Å². The lowest BCUT2D eigenvalue weighted by Crippen LogP contribution is -2.28. The normalized spacial score (nSPS) is 24.5. The van der Waals surface area contributed by atoms with E-state index in [1.807, 2.05) is 12.4 Å². The Bertz CT molecular complexity index is 344. The summed E-state index contributed by atoms with van der Waals surface area (Å²) in [5, 5.41) is 3.43. The average molecular weight is 203 g/mol. The zero-order valence-electron chi connectivity index (χ0n) is 8.95. The highest BCUT2D eigenvalue weighted by molar-refractivity contribution is 5.56. The van der Waals surface area contributed by atoms with Crippen LogP contribution in [0, 0.1) is 5.92 Å². The summed E-state index contributed by atoms with van der Waals surface area (Å²) in [6.45, 7) is 4.76. The van der Waals surface area contributed by atoms with Gasteiger partial charge in [-0.05, 0) is 43.5 Å². The lowest BCUT2D eigenvalue weighted by Gasteiger charge is -2.22. The van der Waals surface area contributed by atoms with Crippen LogP contribution < -0.4 is 10.2 Å². The minimum Gasteiger partial charge on any atom is -0.369 e. The Balaban J connectivity index is 1.73. The second-order valence-electron chi connectivity index (χ2n) is 4.56. The van der Waals surface area contributed by atoms with Crippen molar-refractivity contribution in [2.45, 2.75) is 12.8 Å². The molecule has 0 bridgehead atoms. The minimum atomic E-state index is 0.830. The summed E-state index contributed by atoms with van der Waals surface area (Å²) in [7, 11) is 0. The lowest BCUT2D eigenvalue weighted by molar-refractivity contribution is 0.567. The number of hydrogen-bond acceptors (Lipinski definition) is 3. The van der Waals surface area contributed by atoms with Gasteiger partial charge in [0.25, 0.3) is 0 Å². The minimum absolute atomic E-state index is 0.830. The Kier molecular flexibility index (Phi) is 2.33. The molecule has 1 N–H and O–H groups in total. The molecule has 1 unspecified atom stereocenters. The Labute approximate surface area is 90.5 Å². The van der Waals surface area contributed by atoms with Gasteiger partial charge < -0.3 is 10.2 Å². The highest BCUT2D eigenvalue weighted by atomic mass is 15.2. The van der Waals surface area contributed by atoms with Crippen LogP contribution >= 0.6 is 0 Å². The molecule has 2 aliphatic heterocycles. The highest BCUT2D eigenvalue weighted by Gasteiger charge is 2.23. The molecule has 0 aliphatic carbocycles. The van der Waals surface area contributed by atoms with Crippen molar-refractivity contribution < 1.29 is 0 Å². The number of fused-ring (bicyclic) bond motifs is 1. The van der Waals surface area contributed by atoms with Crippen molar-refractivity contribution in [3.05, 3.63) is 24.0 Å². The van der Waals surface area contributed by atoms with E-state index in [0.717, 1.165) is 5.92 Å². The molecule has 3 rings (SSSR count). The average Bonchev–Trinajstić information content (AvgIpc) is 2.89. The molecule has 0 saturated carbocycles. The molecule has 3 nitrogen and oxygen atoms in total. The summed E-state index contributed by atoms with van der Waals surface area (Å²) in [5.74, 6) is 0.830. The second-order valence-corrected chi connectivity index (χ2v) is 4.56. The largest absolute Gasteiger partial charge is 0.369 e. The van der Waals surface area contributed by atoms with Gasteiger partial charge in [-0.2, -0.15) is 0 Å². The summed E-state index contributed by atoms with van der Waals surface area (Å²) in [6.07, 6.45) is 6.44. The van der Waals surface area contributed by atoms with Crippen molar-refractivity contribution in [3.8, 4) is 0 Å². The molecule has 2 aliphatic rings. The van der Waals surface area contributed by atoms with Gasteiger partial charge in [0.1, 0.15) is 0 Å². The fourth-order valence-corrected chi connectivity index (χ4v) is 2.66. The first kappa shape index (κ1) is 9.16. The third-order valence-electron chi connectivity index (χ3n) is 3.52. The molecule has 1 atom stereocenters. The smallest absolute Gasteiger partial charge is 0.0586 e. The van der Waals surface area contributed by atoms with Gasteiger partial charge in [0.15, 0.2) is 0 Å². The second kappa shape index (κ2) is 3.81. The Morgan fingerprint density at radius 1 is 1.53 bits per heavy atom. The van der Waals surface area contributed by atoms with Gasteiger partial charge in [0.2, 0.25) is 0 Å². The van der Waals surface area contributed by atoms with E-state index in [2.05, 4.69) is 21.3 Å². The number of nitrogens with one attached hydrogen (secondary N) is 1. The number of aromatic nitrogens is 1. The number of hydrogen-bond donors (Lipinski definition) is 1. The van der Waals surface area contributed by atoms with Crippen molar-refractivity contribution in [1.29, 1.82) is 0 Å². The molecule has 0 aromatic carbocycles. The third kappa shape index (κ3) is 1.72. The molecule has 1 aromatic heterocycles. The monoisotopic (exact) mass is 203 g/mol. The molecular weight excluding hydrogens is 186 g/mol. The highest BCUT2D eigenvalue weighted by Crippen LogP contribution is 2.27. The molecule has 3 heteroatoms. The zero-order valence-corrected chi connectivity index (χ0v) is 8.95. The van der Waals surface area contributed by atoms with E-state index in [1.54, 1.807) is 0 Å². The van der Waals surface area contributed by atoms with Crippen molar-refractivity contribution >= 4 is 5.69 Å². The van der Waals surface area contributed by atoms with Crippen LogP contribution in [0.3, 0.4) is 0 Å². The summed E-state index contributed by atoms with van der Waals surface area (Å²) in [5.41, 5.74) is 2.83. The van der Waals surface area contributed by atoms with E-state index in [-0.39, 0.29) is 0 Å². The Morgan fingerprint density at radius 2 is 2.53 bits per heavy atom. The predicted octanol–water partition coefficient (Wildman–Crippen LogP) is 1.05. The number of nitrogens with zero attached hydrogens (tertiary/aromatic N) is 2. The molecular formula is C12H17N3. The molecule has 1 aromatic rings.